The first-order chi connectivity index (χ1) is 17.1. The molecule has 36 heavy (non-hydrogen) atoms. The number of aryl methyl sites for hydroxylation is 1. The van der Waals surface area contributed by atoms with Crippen LogP contribution < -0.4 is 14.2 Å². The second-order valence-electron chi connectivity index (χ2n) is 7.36. The Kier molecular flexibility index (Phi) is 8.33. The molecule has 0 aliphatic rings. The number of halogens is 1. The van der Waals surface area contributed by atoms with Crippen LogP contribution in [0.5, 0.6) is 11.5 Å². The van der Waals surface area contributed by atoms with E-state index >= 15 is 0 Å². The second-order valence-corrected chi connectivity index (χ2v) is 10.1. The van der Waals surface area contributed by atoms with Crippen molar-refractivity contribution in [1.82, 2.24) is 0 Å². The van der Waals surface area contributed by atoms with Crippen molar-refractivity contribution in [3.63, 3.8) is 0 Å². The average Bonchev–Trinajstić information content (AvgIpc) is 2.84. The molecule has 0 bridgehead atoms. The molecule has 0 heterocycles. The zero-order valence-electron chi connectivity index (χ0n) is 19.0. The van der Waals surface area contributed by atoms with Gasteiger partial charge < -0.3 is 19.3 Å². The minimum Gasteiger partial charge on any atom is -0.493 e. The fourth-order valence-electron chi connectivity index (χ4n) is 3.05. The number of nitrogens with one attached hydrogen (secondary N) is 1. The van der Waals surface area contributed by atoms with Crippen molar-refractivity contribution in [2.75, 3.05) is 12.4 Å². The Morgan fingerprint density at radius 1 is 1.11 bits per heavy atom. The van der Waals surface area contributed by atoms with Crippen molar-refractivity contribution in [2.45, 2.75) is 11.8 Å². The van der Waals surface area contributed by atoms with Crippen LogP contribution in [-0.2, 0) is 14.9 Å². The molecule has 0 radical (unpaired) electrons. The van der Waals surface area contributed by atoms with Crippen LogP contribution in [-0.4, -0.2) is 32.5 Å². The van der Waals surface area contributed by atoms with E-state index in [2.05, 4.69) is 5.32 Å². The van der Waals surface area contributed by atoms with Gasteiger partial charge in [-0.25, -0.2) is 4.79 Å². The van der Waals surface area contributed by atoms with Gasteiger partial charge in [-0.3, -0.25) is 4.79 Å². The first-order valence-electron chi connectivity index (χ1n) is 10.2. The van der Waals surface area contributed by atoms with Crippen molar-refractivity contribution in [3.8, 4) is 17.6 Å². The molecule has 0 saturated heterocycles. The van der Waals surface area contributed by atoms with E-state index in [4.69, 9.17) is 8.92 Å². The van der Waals surface area contributed by atoms with Gasteiger partial charge in [-0.15, -0.1) is 0 Å². The maximum Gasteiger partial charge on any atom is 0.339 e. The first kappa shape index (κ1) is 26.7. The lowest BCUT2D eigenvalue weighted by Crippen LogP contribution is -2.16. The molecule has 0 fully saturated rings. The van der Waals surface area contributed by atoms with Crippen molar-refractivity contribution in [1.29, 1.82) is 5.26 Å². The third-order valence-corrected chi connectivity index (χ3v) is 6.87. The number of nitrogens with zero attached hydrogens (tertiary/aromatic N) is 1. The van der Waals surface area contributed by atoms with Crippen molar-refractivity contribution < 1.29 is 32.0 Å². The molecule has 1 amide bonds. The van der Waals surface area contributed by atoms with Gasteiger partial charge >= 0.3 is 16.1 Å². The summed E-state index contributed by atoms with van der Waals surface area (Å²) in [6.45, 7) is 1.83. The summed E-state index contributed by atoms with van der Waals surface area (Å²) in [6.07, 6.45) is 1.27. The number of carboxylic acids is 1. The summed E-state index contributed by atoms with van der Waals surface area (Å²) in [5.41, 5.74) is 0.841. The summed E-state index contributed by atoms with van der Waals surface area (Å²) in [5, 5.41) is 21.2. The minimum absolute atomic E-state index is 0.0278. The molecular formula is C25H19IN2O7S. The van der Waals surface area contributed by atoms with Crippen LogP contribution in [0.25, 0.3) is 6.08 Å². The number of carbonyl (C=O) groups excluding carboxylic acids is 1. The quantitative estimate of drug-likeness (QED) is 0.161. The average molecular weight is 618 g/mol. The van der Waals surface area contributed by atoms with Crippen molar-refractivity contribution in [2.24, 2.45) is 0 Å². The van der Waals surface area contributed by atoms with Crippen LogP contribution in [0, 0.1) is 21.8 Å². The van der Waals surface area contributed by atoms with Crippen LogP contribution in [0.15, 0.2) is 71.1 Å². The SMILES string of the molecule is COc1cc(/C=C(\C#N)C(=O)Nc2ccccc2C(=O)O)cc(I)c1OS(=O)(=O)c1ccc(C)cc1. The summed E-state index contributed by atoms with van der Waals surface area (Å²) < 4.78 is 36.5. The normalized spacial score (nSPS) is 11.3. The molecule has 0 unspecified atom stereocenters. The van der Waals surface area contributed by atoms with Gasteiger partial charge in [-0.05, 0) is 77.6 Å². The number of nitriles is 1. The topological polar surface area (TPSA) is 143 Å². The smallest absolute Gasteiger partial charge is 0.339 e. The van der Waals surface area contributed by atoms with Gasteiger partial charge in [-0.2, -0.15) is 13.7 Å². The summed E-state index contributed by atoms with van der Waals surface area (Å²) in [7, 11) is -2.83. The van der Waals surface area contributed by atoms with E-state index in [0.717, 1.165) is 5.56 Å². The molecule has 9 nitrogen and oxygen atoms in total. The fourth-order valence-corrected chi connectivity index (χ4v) is 4.89. The van der Waals surface area contributed by atoms with Gasteiger partial charge in [0.15, 0.2) is 11.5 Å². The third kappa shape index (κ3) is 6.21. The summed E-state index contributed by atoms with van der Waals surface area (Å²) in [6, 6.07) is 16.7. The number of aromatic carboxylic acids is 1. The highest BCUT2D eigenvalue weighted by atomic mass is 127. The zero-order valence-corrected chi connectivity index (χ0v) is 22.0. The number of para-hydroxylation sites is 1. The molecule has 0 atom stereocenters. The molecule has 0 aromatic heterocycles. The maximum absolute atomic E-state index is 12.7. The van der Waals surface area contributed by atoms with E-state index in [0.29, 0.717) is 9.13 Å². The van der Waals surface area contributed by atoms with Crippen molar-refractivity contribution in [3.05, 3.63) is 86.5 Å². The Hall–Kier alpha value is -3.89. The number of carbonyl (C=O) groups is 2. The minimum atomic E-state index is -4.15. The Morgan fingerprint density at radius 3 is 2.39 bits per heavy atom. The Bertz CT molecular complexity index is 1510. The molecular weight excluding hydrogens is 599 g/mol. The van der Waals surface area contributed by atoms with Gasteiger partial charge in [0, 0.05) is 0 Å². The predicted octanol–water partition coefficient (Wildman–Crippen LogP) is 4.62. The molecule has 184 valence electrons. The molecule has 11 heteroatoms. The Labute approximate surface area is 221 Å². The highest BCUT2D eigenvalue weighted by Crippen LogP contribution is 2.36. The highest BCUT2D eigenvalue weighted by Gasteiger charge is 2.22. The number of methoxy groups -OCH3 is 1. The fraction of sp³-hybridized carbons (Fsp3) is 0.0800. The molecule has 3 aromatic rings. The van der Waals surface area contributed by atoms with Gasteiger partial charge in [0.25, 0.3) is 5.91 Å². The number of hydrogen-bond acceptors (Lipinski definition) is 7. The lowest BCUT2D eigenvalue weighted by atomic mass is 10.1. The monoisotopic (exact) mass is 618 g/mol. The number of ether oxygens (including phenoxy) is 1. The first-order valence-corrected chi connectivity index (χ1v) is 12.7. The van der Waals surface area contributed by atoms with Crippen LogP contribution in [0.3, 0.4) is 0 Å². The molecule has 2 N–H and O–H groups in total. The molecule has 0 aliphatic carbocycles. The molecule has 3 aromatic carbocycles. The van der Waals surface area contributed by atoms with Gasteiger partial charge in [-0.1, -0.05) is 29.8 Å². The lowest BCUT2D eigenvalue weighted by molar-refractivity contribution is -0.112. The molecule has 3 rings (SSSR count). The van der Waals surface area contributed by atoms with E-state index in [9.17, 15) is 28.4 Å². The second kappa shape index (κ2) is 11.2. The van der Waals surface area contributed by atoms with Gasteiger partial charge in [0.1, 0.15) is 16.5 Å². The molecule has 0 saturated carbocycles. The highest BCUT2D eigenvalue weighted by molar-refractivity contribution is 14.1. The maximum atomic E-state index is 12.7. The zero-order chi connectivity index (χ0) is 26.5. The summed E-state index contributed by atoms with van der Waals surface area (Å²) in [4.78, 5) is 24.0. The number of hydrogen-bond donors (Lipinski definition) is 2. The number of amides is 1. The van der Waals surface area contributed by atoms with Crippen LogP contribution in [0.2, 0.25) is 0 Å². The lowest BCUT2D eigenvalue weighted by Gasteiger charge is -2.14. The Balaban J connectivity index is 1.93. The number of rotatable bonds is 8. The van der Waals surface area contributed by atoms with Crippen LogP contribution in [0.4, 0.5) is 5.69 Å². The largest absolute Gasteiger partial charge is 0.493 e. The predicted molar refractivity (Wildman–Crippen MR) is 140 cm³/mol. The van der Waals surface area contributed by atoms with E-state index < -0.39 is 22.0 Å². The van der Waals surface area contributed by atoms with E-state index in [1.54, 1.807) is 24.3 Å². The van der Waals surface area contributed by atoms with Gasteiger partial charge in [0.05, 0.1) is 21.9 Å². The standard InChI is InChI=1S/C25H19IN2O7S/c1-15-7-9-18(10-8-15)36(32,33)35-23-20(26)12-16(13-22(23)34-2)11-17(14-27)24(29)28-21-6-4-3-5-19(21)25(30)31/h3-13H,1-2H3,(H,28,29)(H,30,31)/b17-11+. The van der Waals surface area contributed by atoms with E-state index in [1.807, 2.05) is 29.5 Å². The summed E-state index contributed by atoms with van der Waals surface area (Å²) in [5.74, 6) is -2.03. The van der Waals surface area contributed by atoms with Crippen molar-refractivity contribution >= 4 is 56.3 Å². The van der Waals surface area contributed by atoms with E-state index in [1.165, 1.54) is 55.7 Å². The number of benzene rings is 3. The molecule has 0 aliphatic heterocycles. The summed E-state index contributed by atoms with van der Waals surface area (Å²) >= 11 is 1.86. The Morgan fingerprint density at radius 2 is 1.78 bits per heavy atom. The van der Waals surface area contributed by atoms with Gasteiger partial charge in [0.2, 0.25) is 0 Å². The van der Waals surface area contributed by atoms with Crippen LogP contribution in [0.1, 0.15) is 21.5 Å². The number of carboxylic acid groups (broad SMARTS) is 1. The third-order valence-electron chi connectivity index (χ3n) is 4.84. The van der Waals surface area contributed by atoms with Crippen LogP contribution >= 0.6 is 22.6 Å². The molecule has 0 spiro atoms. The number of anilines is 1. The van der Waals surface area contributed by atoms with E-state index in [-0.39, 0.29) is 33.2 Å².